The zero-order valence-electron chi connectivity index (χ0n) is 16.1. The summed E-state index contributed by atoms with van der Waals surface area (Å²) in [6.07, 6.45) is 8.41. The lowest BCUT2D eigenvalue weighted by molar-refractivity contribution is 0.0693. The van der Waals surface area contributed by atoms with Gasteiger partial charge in [-0.3, -0.25) is 4.68 Å². The average Bonchev–Trinajstić information content (AvgIpc) is 3.07. The van der Waals surface area contributed by atoms with Gasteiger partial charge in [-0.1, -0.05) is 25.0 Å². The fourth-order valence-corrected chi connectivity index (χ4v) is 3.47. The SMILES string of the molecule is OC(COc1cccc(CNCCn2cccn2)c1)CN1CCCCCC1. The van der Waals surface area contributed by atoms with E-state index < -0.39 is 6.10 Å². The van der Waals surface area contributed by atoms with Crippen molar-refractivity contribution < 1.29 is 9.84 Å². The first kappa shape index (κ1) is 19.9. The Kier molecular flexibility index (Phi) is 8.14. The van der Waals surface area contributed by atoms with E-state index in [0.717, 1.165) is 38.5 Å². The van der Waals surface area contributed by atoms with E-state index in [9.17, 15) is 5.11 Å². The van der Waals surface area contributed by atoms with E-state index in [-0.39, 0.29) is 0 Å². The zero-order chi connectivity index (χ0) is 18.7. The van der Waals surface area contributed by atoms with Crippen LogP contribution in [0.1, 0.15) is 31.2 Å². The van der Waals surface area contributed by atoms with Gasteiger partial charge in [-0.2, -0.15) is 5.10 Å². The molecule has 1 fully saturated rings. The van der Waals surface area contributed by atoms with Crippen molar-refractivity contribution in [3.63, 3.8) is 0 Å². The Morgan fingerprint density at radius 1 is 1.15 bits per heavy atom. The summed E-state index contributed by atoms with van der Waals surface area (Å²) in [4.78, 5) is 2.36. The maximum absolute atomic E-state index is 10.3. The molecular weight excluding hydrogens is 340 g/mol. The Bertz CT molecular complexity index is 639. The molecule has 27 heavy (non-hydrogen) atoms. The summed E-state index contributed by atoms with van der Waals surface area (Å²) >= 11 is 0. The van der Waals surface area contributed by atoms with Crippen LogP contribution < -0.4 is 10.1 Å². The average molecular weight is 373 g/mol. The lowest BCUT2D eigenvalue weighted by Crippen LogP contribution is -2.36. The number of ether oxygens (including phenoxy) is 1. The number of hydrogen-bond acceptors (Lipinski definition) is 5. The van der Waals surface area contributed by atoms with Crippen molar-refractivity contribution in [1.29, 1.82) is 0 Å². The van der Waals surface area contributed by atoms with Crippen LogP contribution >= 0.6 is 0 Å². The van der Waals surface area contributed by atoms with Crippen LogP contribution in [0.2, 0.25) is 0 Å². The van der Waals surface area contributed by atoms with Crippen molar-refractivity contribution in [1.82, 2.24) is 20.0 Å². The summed E-state index contributed by atoms with van der Waals surface area (Å²) < 4.78 is 7.74. The van der Waals surface area contributed by atoms with Crippen LogP contribution in [0.3, 0.4) is 0 Å². The van der Waals surface area contributed by atoms with Gasteiger partial charge >= 0.3 is 0 Å². The van der Waals surface area contributed by atoms with E-state index in [0.29, 0.717) is 13.2 Å². The van der Waals surface area contributed by atoms with Crippen molar-refractivity contribution in [2.45, 2.75) is 44.9 Å². The molecule has 0 radical (unpaired) electrons. The molecule has 0 aliphatic carbocycles. The second-order valence-electron chi connectivity index (χ2n) is 7.27. The van der Waals surface area contributed by atoms with Gasteiger partial charge < -0.3 is 20.1 Å². The van der Waals surface area contributed by atoms with Crippen molar-refractivity contribution in [3.8, 4) is 5.75 Å². The van der Waals surface area contributed by atoms with Gasteiger partial charge in [-0.15, -0.1) is 0 Å². The van der Waals surface area contributed by atoms with E-state index in [1.165, 1.54) is 31.2 Å². The lowest BCUT2D eigenvalue weighted by Gasteiger charge is -2.23. The molecule has 6 nitrogen and oxygen atoms in total. The topological polar surface area (TPSA) is 62.6 Å². The van der Waals surface area contributed by atoms with Crippen LogP contribution in [0, 0.1) is 0 Å². The van der Waals surface area contributed by atoms with Crippen molar-refractivity contribution in [2.75, 3.05) is 32.8 Å². The molecule has 0 amide bonds. The van der Waals surface area contributed by atoms with Crippen LogP contribution in [-0.4, -0.2) is 58.7 Å². The quantitative estimate of drug-likeness (QED) is 0.627. The van der Waals surface area contributed by atoms with Gasteiger partial charge in [0.25, 0.3) is 0 Å². The van der Waals surface area contributed by atoms with Crippen LogP contribution in [-0.2, 0) is 13.1 Å². The number of hydrogen-bond donors (Lipinski definition) is 2. The van der Waals surface area contributed by atoms with Gasteiger partial charge in [-0.25, -0.2) is 0 Å². The molecule has 1 aliphatic heterocycles. The van der Waals surface area contributed by atoms with E-state index >= 15 is 0 Å². The Hall–Kier alpha value is -1.89. The number of likely N-dealkylation sites (tertiary alicyclic amines) is 1. The number of nitrogens with one attached hydrogen (secondary N) is 1. The molecule has 0 bridgehead atoms. The molecule has 0 saturated carbocycles. The summed E-state index contributed by atoms with van der Waals surface area (Å²) in [6, 6.07) is 10.0. The van der Waals surface area contributed by atoms with E-state index in [2.05, 4.69) is 21.4 Å². The summed E-state index contributed by atoms with van der Waals surface area (Å²) in [5.74, 6) is 0.816. The highest BCUT2D eigenvalue weighted by Crippen LogP contribution is 2.14. The molecule has 1 saturated heterocycles. The van der Waals surface area contributed by atoms with Gasteiger partial charge in [0.1, 0.15) is 18.5 Å². The highest BCUT2D eigenvalue weighted by molar-refractivity contribution is 5.28. The van der Waals surface area contributed by atoms with Gasteiger partial charge in [0.2, 0.25) is 0 Å². The third-order valence-electron chi connectivity index (χ3n) is 4.91. The van der Waals surface area contributed by atoms with Gasteiger partial charge in [-0.05, 0) is 49.7 Å². The number of aliphatic hydroxyl groups excluding tert-OH is 1. The highest BCUT2D eigenvalue weighted by atomic mass is 16.5. The van der Waals surface area contributed by atoms with Gasteiger partial charge in [0, 0.05) is 32.0 Å². The van der Waals surface area contributed by atoms with Crippen LogP contribution in [0.25, 0.3) is 0 Å². The largest absolute Gasteiger partial charge is 0.491 e. The zero-order valence-corrected chi connectivity index (χ0v) is 16.1. The maximum Gasteiger partial charge on any atom is 0.119 e. The number of aliphatic hydroxyl groups is 1. The second-order valence-corrected chi connectivity index (χ2v) is 7.27. The molecule has 1 unspecified atom stereocenters. The van der Waals surface area contributed by atoms with Gasteiger partial charge in [0.15, 0.2) is 0 Å². The third-order valence-corrected chi connectivity index (χ3v) is 4.91. The molecule has 148 valence electrons. The fraction of sp³-hybridized carbons (Fsp3) is 0.571. The predicted molar refractivity (Wildman–Crippen MR) is 107 cm³/mol. The fourth-order valence-electron chi connectivity index (χ4n) is 3.47. The highest BCUT2D eigenvalue weighted by Gasteiger charge is 2.14. The molecule has 2 N–H and O–H groups in total. The summed E-state index contributed by atoms with van der Waals surface area (Å²) in [7, 11) is 0. The van der Waals surface area contributed by atoms with Crippen molar-refractivity contribution in [3.05, 3.63) is 48.3 Å². The minimum atomic E-state index is -0.445. The predicted octanol–water partition coefficient (Wildman–Crippen LogP) is 2.29. The lowest BCUT2D eigenvalue weighted by atomic mass is 10.2. The number of β-amino-alcohol motifs (C(OH)–C–C–N with tert-alkyl or cyclic N) is 1. The van der Waals surface area contributed by atoms with Gasteiger partial charge in [0.05, 0.1) is 6.54 Å². The number of rotatable bonds is 10. The molecule has 1 aliphatic rings. The van der Waals surface area contributed by atoms with Crippen molar-refractivity contribution >= 4 is 0 Å². The Labute approximate surface area is 162 Å². The molecule has 1 atom stereocenters. The van der Waals surface area contributed by atoms with Crippen molar-refractivity contribution in [2.24, 2.45) is 0 Å². The van der Waals surface area contributed by atoms with Crippen LogP contribution in [0.4, 0.5) is 0 Å². The summed E-state index contributed by atoms with van der Waals surface area (Å²) in [5.41, 5.74) is 1.18. The summed E-state index contributed by atoms with van der Waals surface area (Å²) in [5, 5.41) is 17.9. The molecule has 0 spiro atoms. The standard InChI is InChI=1S/C21H32N4O2/c26-20(17-24-11-3-1-2-4-12-24)18-27-21-8-5-7-19(15-21)16-22-10-14-25-13-6-9-23-25/h5-9,13,15,20,22,26H,1-4,10-12,14,16-18H2. The van der Waals surface area contributed by atoms with E-state index in [1.54, 1.807) is 6.20 Å². The number of benzene rings is 1. The normalized spacial score (nSPS) is 16.8. The Morgan fingerprint density at radius 2 is 2.00 bits per heavy atom. The first-order valence-corrected chi connectivity index (χ1v) is 10.1. The molecule has 1 aromatic carbocycles. The smallest absolute Gasteiger partial charge is 0.119 e. The van der Waals surface area contributed by atoms with Crippen LogP contribution in [0.15, 0.2) is 42.7 Å². The molecule has 2 heterocycles. The maximum atomic E-state index is 10.3. The second kappa shape index (κ2) is 11.1. The van der Waals surface area contributed by atoms with E-state index in [1.807, 2.05) is 35.1 Å². The Morgan fingerprint density at radius 3 is 2.78 bits per heavy atom. The number of nitrogens with zero attached hydrogens (tertiary/aromatic N) is 3. The monoisotopic (exact) mass is 372 g/mol. The molecule has 3 rings (SSSR count). The summed E-state index contributed by atoms with van der Waals surface area (Å²) in [6.45, 7) is 5.73. The Balaban J connectivity index is 1.36. The van der Waals surface area contributed by atoms with Crippen LogP contribution in [0.5, 0.6) is 5.75 Å². The molecule has 1 aromatic heterocycles. The molecule has 2 aromatic rings. The first-order valence-electron chi connectivity index (χ1n) is 10.1. The molecular formula is C21H32N4O2. The first-order chi connectivity index (χ1) is 13.3. The number of aromatic nitrogens is 2. The third kappa shape index (κ3) is 7.33. The molecule has 6 heteroatoms. The van der Waals surface area contributed by atoms with E-state index in [4.69, 9.17) is 4.74 Å². The minimum Gasteiger partial charge on any atom is -0.491 e. The minimum absolute atomic E-state index is 0.340.